The molecule has 0 spiro atoms. The number of unbranched alkanes of at least 4 members (excludes halogenated alkanes) is 3. The predicted octanol–water partition coefficient (Wildman–Crippen LogP) is 8.38. The van der Waals surface area contributed by atoms with Gasteiger partial charge in [-0.2, -0.15) is 0 Å². The van der Waals surface area contributed by atoms with Gasteiger partial charge in [-0.15, -0.1) is 11.3 Å². The van der Waals surface area contributed by atoms with Gasteiger partial charge in [0.15, 0.2) is 0 Å². The molecule has 0 aliphatic carbocycles. The Balaban J connectivity index is 0.000000599. The molecular formula is C33H47N3OS. The highest BCUT2D eigenvalue weighted by Crippen LogP contribution is 2.31. The molecule has 0 bridgehead atoms. The first kappa shape index (κ1) is 29.9. The van der Waals surface area contributed by atoms with Crippen molar-refractivity contribution in [3.63, 3.8) is 0 Å². The number of benzene rings is 2. The number of anilines is 1. The molecule has 1 fully saturated rings. The molecule has 1 atom stereocenters. The first-order chi connectivity index (χ1) is 18.3. The standard InChI is InChI=1S/C27H33N3OS.C6H14/c1-17(2)12-24-10-11-26(32-24)21-7-5-6-20(13-21)19(4)29-27(31)25-14-22(9-8-18(25)3)30-23-15-28-16-23;1-3-5-6-4-2/h5-11,13-14,17,19,23,28,30H,12,15-16H2,1-4H3,(H,29,31);3-6H2,1-2H3. The van der Waals surface area contributed by atoms with E-state index in [-0.39, 0.29) is 11.9 Å². The lowest BCUT2D eigenvalue weighted by atomic mass is 10.0. The van der Waals surface area contributed by atoms with E-state index in [0.29, 0.717) is 12.0 Å². The fourth-order valence-electron chi connectivity index (χ4n) is 4.45. The maximum Gasteiger partial charge on any atom is 0.252 e. The minimum Gasteiger partial charge on any atom is -0.380 e. The van der Waals surface area contributed by atoms with Gasteiger partial charge in [-0.1, -0.05) is 77.6 Å². The van der Waals surface area contributed by atoms with Crippen LogP contribution in [0.3, 0.4) is 0 Å². The SMILES string of the molecule is CCCCCC.Cc1ccc(NC2CNC2)cc1C(=O)NC(C)c1cccc(-c2ccc(CC(C)C)s2)c1. The minimum absolute atomic E-state index is 0.0360. The number of carbonyl (C=O) groups is 1. The highest BCUT2D eigenvalue weighted by molar-refractivity contribution is 7.15. The van der Waals surface area contributed by atoms with Crippen LogP contribution in [0, 0.1) is 12.8 Å². The summed E-state index contributed by atoms with van der Waals surface area (Å²) in [5, 5.41) is 9.94. The Morgan fingerprint density at radius 1 is 1.00 bits per heavy atom. The number of rotatable bonds is 11. The van der Waals surface area contributed by atoms with Crippen LogP contribution >= 0.6 is 11.3 Å². The van der Waals surface area contributed by atoms with Crippen LogP contribution in [-0.4, -0.2) is 25.0 Å². The summed E-state index contributed by atoms with van der Waals surface area (Å²) in [5.74, 6) is 0.622. The molecule has 4 rings (SSSR count). The molecule has 206 valence electrons. The van der Waals surface area contributed by atoms with Crippen molar-refractivity contribution in [2.24, 2.45) is 5.92 Å². The van der Waals surface area contributed by atoms with E-state index in [2.05, 4.69) is 80.0 Å². The van der Waals surface area contributed by atoms with E-state index < -0.39 is 0 Å². The first-order valence-electron chi connectivity index (χ1n) is 14.4. The van der Waals surface area contributed by atoms with Gasteiger partial charge >= 0.3 is 0 Å². The smallest absolute Gasteiger partial charge is 0.252 e. The van der Waals surface area contributed by atoms with Gasteiger partial charge < -0.3 is 16.0 Å². The van der Waals surface area contributed by atoms with Gasteiger partial charge in [-0.25, -0.2) is 0 Å². The third kappa shape index (κ3) is 8.99. The highest BCUT2D eigenvalue weighted by atomic mass is 32.1. The van der Waals surface area contributed by atoms with E-state index in [1.54, 1.807) is 0 Å². The molecule has 1 aliphatic heterocycles. The van der Waals surface area contributed by atoms with Gasteiger partial charge in [0.25, 0.3) is 5.91 Å². The third-order valence-corrected chi connectivity index (χ3v) is 8.04. The lowest BCUT2D eigenvalue weighted by molar-refractivity contribution is 0.0939. The zero-order valence-corrected chi connectivity index (χ0v) is 25.0. The Morgan fingerprint density at radius 3 is 2.37 bits per heavy atom. The van der Waals surface area contributed by atoms with E-state index in [1.165, 1.54) is 41.0 Å². The van der Waals surface area contributed by atoms with Crippen LogP contribution < -0.4 is 16.0 Å². The van der Waals surface area contributed by atoms with Crippen LogP contribution in [0.2, 0.25) is 0 Å². The van der Waals surface area contributed by atoms with Crippen molar-refractivity contribution < 1.29 is 4.79 Å². The molecule has 1 aliphatic rings. The maximum absolute atomic E-state index is 13.1. The molecule has 1 aromatic heterocycles. The van der Waals surface area contributed by atoms with Gasteiger partial charge in [0.2, 0.25) is 0 Å². The fraction of sp³-hybridized carbons (Fsp3) is 0.485. The normalized spacial score (nSPS) is 13.9. The van der Waals surface area contributed by atoms with Crippen molar-refractivity contribution in [1.29, 1.82) is 0 Å². The van der Waals surface area contributed by atoms with Crippen molar-refractivity contribution in [1.82, 2.24) is 10.6 Å². The largest absolute Gasteiger partial charge is 0.380 e. The van der Waals surface area contributed by atoms with Crippen LogP contribution in [-0.2, 0) is 6.42 Å². The molecule has 5 heteroatoms. The zero-order valence-electron chi connectivity index (χ0n) is 24.2. The molecule has 1 amide bonds. The van der Waals surface area contributed by atoms with Crippen LogP contribution in [0.4, 0.5) is 5.69 Å². The van der Waals surface area contributed by atoms with Gasteiger partial charge in [0.05, 0.1) is 12.1 Å². The Kier molecular flexibility index (Phi) is 11.9. The van der Waals surface area contributed by atoms with Crippen molar-refractivity contribution in [2.45, 2.75) is 85.7 Å². The Labute approximate surface area is 234 Å². The monoisotopic (exact) mass is 533 g/mol. The highest BCUT2D eigenvalue weighted by Gasteiger charge is 2.18. The summed E-state index contributed by atoms with van der Waals surface area (Å²) in [4.78, 5) is 15.8. The van der Waals surface area contributed by atoms with Crippen molar-refractivity contribution in [3.05, 3.63) is 76.2 Å². The van der Waals surface area contributed by atoms with Gasteiger partial charge in [0.1, 0.15) is 0 Å². The summed E-state index contributed by atoms with van der Waals surface area (Å²) in [6, 6.07) is 19.4. The second-order valence-electron chi connectivity index (χ2n) is 10.9. The molecule has 2 aromatic carbocycles. The molecule has 1 unspecified atom stereocenters. The molecule has 3 aromatic rings. The molecule has 1 saturated heterocycles. The summed E-state index contributed by atoms with van der Waals surface area (Å²) < 4.78 is 0. The Morgan fingerprint density at radius 2 is 1.74 bits per heavy atom. The molecular weight excluding hydrogens is 486 g/mol. The number of aryl methyl sites for hydroxylation is 1. The number of amides is 1. The predicted molar refractivity (Wildman–Crippen MR) is 165 cm³/mol. The molecule has 38 heavy (non-hydrogen) atoms. The van der Waals surface area contributed by atoms with Crippen LogP contribution in [0.15, 0.2) is 54.6 Å². The van der Waals surface area contributed by atoms with E-state index in [1.807, 2.05) is 43.4 Å². The lowest BCUT2D eigenvalue weighted by Gasteiger charge is -2.29. The Bertz CT molecular complexity index is 1140. The third-order valence-electron chi connectivity index (χ3n) is 6.88. The molecule has 2 heterocycles. The molecule has 4 nitrogen and oxygen atoms in total. The zero-order chi connectivity index (χ0) is 27.5. The van der Waals surface area contributed by atoms with Gasteiger partial charge in [-0.05, 0) is 73.2 Å². The van der Waals surface area contributed by atoms with E-state index in [9.17, 15) is 4.79 Å². The van der Waals surface area contributed by atoms with Crippen LogP contribution in [0.5, 0.6) is 0 Å². The van der Waals surface area contributed by atoms with Crippen LogP contribution in [0.25, 0.3) is 10.4 Å². The number of nitrogens with one attached hydrogen (secondary N) is 3. The van der Waals surface area contributed by atoms with Crippen LogP contribution in [0.1, 0.15) is 92.7 Å². The summed E-state index contributed by atoms with van der Waals surface area (Å²) in [6.07, 6.45) is 6.65. The average Bonchev–Trinajstić information content (AvgIpc) is 3.34. The quantitative estimate of drug-likeness (QED) is 0.217. The second-order valence-corrected chi connectivity index (χ2v) is 12.1. The van der Waals surface area contributed by atoms with Crippen molar-refractivity contribution in [2.75, 3.05) is 18.4 Å². The molecule has 0 radical (unpaired) electrons. The number of carbonyl (C=O) groups excluding carboxylic acids is 1. The summed E-state index contributed by atoms with van der Waals surface area (Å²) in [6.45, 7) is 14.9. The topological polar surface area (TPSA) is 53.2 Å². The van der Waals surface area contributed by atoms with Gasteiger partial charge in [-0.3, -0.25) is 4.79 Å². The second kappa shape index (κ2) is 15.1. The number of hydrogen-bond donors (Lipinski definition) is 3. The van der Waals surface area contributed by atoms with E-state index >= 15 is 0 Å². The fourth-order valence-corrected chi connectivity index (χ4v) is 5.66. The maximum atomic E-state index is 13.1. The van der Waals surface area contributed by atoms with Crippen molar-refractivity contribution in [3.8, 4) is 10.4 Å². The van der Waals surface area contributed by atoms with Gasteiger partial charge in [0, 0.05) is 34.1 Å². The Hall–Kier alpha value is -2.63. The van der Waals surface area contributed by atoms with E-state index in [4.69, 9.17) is 0 Å². The first-order valence-corrected chi connectivity index (χ1v) is 15.2. The molecule has 3 N–H and O–H groups in total. The summed E-state index contributed by atoms with van der Waals surface area (Å²) >= 11 is 1.86. The summed E-state index contributed by atoms with van der Waals surface area (Å²) in [5.41, 5.74) is 5.03. The minimum atomic E-state index is -0.0793. The number of hydrogen-bond acceptors (Lipinski definition) is 4. The average molecular weight is 534 g/mol. The molecule has 0 saturated carbocycles. The van der Waals surface area contributed by atoms with Crippen molar-refractivity contribution >= 4 is 22.9 Å². The lowest BCUT2D eigenvalue weighted by Crippen LogP contribution is -2.51. The van der Waals surface area contributed by atoms with E-state index in [0.717, 1.165) is 41.9 Å². The number of thiophene rings is 1. The summed E-state index contributed by atoms with van der Waals surface area (Å²) in [7, 11) is 0.